The molecule has 0 fully saturated rings. The van der Waals surface area contributed by atoms with Crippen molar-refractivity contribution in [1.29, 1.82) is 0 Å². The lowest BCUT2D eigenvalue weighted by atomic mass is 9.96. The number of unbranched alkanes of at least 4 members (excludes halogenated alkanes) is 2. The third kappa shape index (κ3) is 5.71. The molecule has 1 atom stereocenters. The van der Waals surface area contributed by atoms with Crippen LogP contribution in [0.3, 0.4) is 0 Å². The van der Waals surface area contributed by atoms with Crippen molar-refractivity contribution in [3.8, 4) is 5.75 Å². The van der Waals surface area contributed by atoms with Crippen LogP contribution in [-0.2, 0) is 9.53 Å². The summed E-state index contributed by atoms with van der Waals surface area (Å²) in [6.07, 6.45) is 3.91. The van der Waals surface area contributed by atoms with Gasteiger partial charge in [-0.3, -0.25) is 4.79 Å². The molecule has 4 heteroatoms. The minimum absolute atomic E-state index is 0.0912. The van der Waals surface area contributed by atoms with Crippen molar-refractivity contribution in [3.05, 3.63) is 36.4 Å². The molecule has 0 heterocycles. The summed E-state index contributed by atoms with van der Waals surface area (Å²) in [6.45, 7) is 11.4. The van der Waals surface area contributed by atoms with Gasteiger partial charge in [-0.2, -0.15) is 0 Å². The summed E-state index contributed by atoms with van der Waals surface area (Å²) in [5.74, 6) is 1.21. The van der Waals surface area contributed by atoms with Crippen molar-refractivity contribution in [3.63, 3.8) is 0 Å². The highest BCUT2D eigenvalue weighted by Crippen LogP contribution is 2.33. The Morgan fingerprint density at radius 3 is 2.43 bits per heavy atom. The molecule has 2 aromatic carbocycles. The smallest absolute Gasteiger partial charge is 0.256 e. The van der Waals surface area contributed by atoms with Crippen molar-refractivity contribution in [2.24, 2.45) is 5.92 Å². The quantitative estimate of drug-likeness (QED) is 0.469. The normalized spacial score (nSPS) is 13.5. The zero-order chi connectivity index (χ0) is 20.6. The monoisotopic (exact) mass is 385 g/mol. The van der Waals surface area contributed by atoms with E-state index in [1.165, 1.54) is 0 Å². The Labute approximate surface area is 169 Å². The van der Waals surface area contributed by atoms with Crippen molar-refractivity contribution >= 4 is 22.4 Å². The van der Waals surface area contributed by atoms with Crippen molar-refractivity contribution in [2.45, 2.75) is 65.9 Å². The highest BCUT2D eigenvalue weighted by atomic mass is 16.5. The molecular formula is C24H35NO3. The van der Waals surface area contributed by atoms with Crippen molar-refractivity contribution in [1.82, 2.24) is 0 Å². The summed E-state index contributed by atoms with van der Waals surface area (Å²) >= 11 is 0. The van der Waals surface area contributed by atoms with Gasteiger partial charge in [0.2, 0.25) is 0 Å². The number of carbonyl (C=O) groups is 1. The summed E-state index contributed by atoms with van der Waals surface area (Å²) in [7, 11) is 0. The predicted molar refractivity (Wildman–Crippen MR) is 117 cm³/mol. The Kier molecular flexibility index (Phi) is 8.31. The number of carbonyl (C=O) groups excluding carboxylic acids is 1. The minimum atomic E-state index is -0.822. The number of anilines is 1. The largest absolute Gasteiger partial charge is 0.493 e. The molecule has 154 valence electrons. The van der Waals surface area contributed by atoms with Crippen molar-refractivity contribution < 1.29 is 14.3 Å². The molecule has 28 heavy (non-hydrogen) atoms. The number of hydrogen-bond donors (Lipinski definition) is 1. The van der Waals surface area contributed by atoms with E-state index < -0.39 is 5.60 Å². The van der Waals surface area contributed by atoms with E-state index in [1.807, 2.05) is 50.2 Å². The minimum Gasteiger partial charge on any atom is -0.493 e. The van der Waals surface area contributed by atoms with Gasteiger partial charge in [-0.05, 0) is 38.3 Å². The molecule has 2 aromatic rings. The summed E-state index contributed by atoms with van der Waals surface area (Å²) in [6, 6.07) is 11.9. The third-order valence-electron chi connectivity index (χ3n) is 4.91. The molecule has 0 aliphatic carbocycles. The lowest BCUT2D eigenvalue weighted by Crippen LogP contribution is -2.42. The molecular weight excluding hydrogens is 350 g/mol. The van der Waals surface area contributed by atoms with Crippen LogP contribution in [0.5, 0.6) is 5.75 Å². The van der Waals surface area contributed by atoms with Crippen LogP contribution in [0.15, 0.2) is 36.4 Å². The maximum atomic E-state index is 13.1. The molecule has 0 spiro atoms. The SMILES string of the molecule is CCCCCC(C)(OCC)C(=O)Nc1ccc(OCC(C)C)c2ccccc12. The first-order valence-corrected chi connectivity index (χ1v) is 10.5. The fourth-order valence-electron chi connectivity index (χ4n) is 3.30. The van der Waals surface area contributed by atoms with E-state index in [1.54, 1.807) is 0 Å². The van der Waals surface area contributed by atoms with E-state index >= 15 is 0 Å². The lowest BCUT2D eigenvalue weighted by Gasteiger charge is -2.28. The molecule has 1 unspecified atom stereocenters. The maximum Gasteiger partial charge on any atom is 0.256 e. The molecule has 0 aromatic heterocycles. The second-order valence-electron chi connectivity index (χ2n) is 7.94. The average Bonchev–Trinajstić information content (AvgIpc) is 2.67. The van der Waals surface area contributed by atoms with E-state index in [2.05, 4.69) is 26.1 Å². The molecule has 2 rings (SSSR count). The van der Waals surface area contributed by atoms with E-state index in [-0.39, 0.29) is 5.91 Å². The van der Waals surface area contributed by atoms with Gasteiger partial charge in [0, 0.05) is 23.1 Å². The molecule has 1 amide bonds. The van der Waals surface area contributed by atoms with Gasteiger partial charge in [-0.15, -0.1) is 0 Å². The topological polar surface area (TPSA) is 47.6 Å². The molecule has 0 radical (unpaired) electrons. The molecule has 0 aliphatic heterocycles. The van der Waals surface area contributed by atoms with Crippen LogP contribution in [0.4, 0.5) is 5.69 Å². The van der Waals surface area contributed by atoms with Gasteiger partial charge in [0.25, 0.3) is 5.91 Å². The number of benzene rings is 2. The van der Waals surface area contributed by atoms with Gasteiger partial charge < -0.3 is 14.8 Å². The fourth-order valence-corrected chi connectivity index (χ4v) is 3.30. The van der Waals surface area contributed by atoms with Crippen LogP contribution < -0.4 is 10.1 Å². The maximum absolute atomic E-state index is 13.1. The Morgan fingerprint density at radius 2 is 1.79 bits per heavy atom. The zero-order valence-corrected chi connectivity index (χ0v) is 18.0. The summed E-state index contributed by atoms with van der Waals surface area (Å²) < 4.78 is 11.8. The average molecular weight is 386 g/mol. The fraction of sp³-hybridized carbons (Fsp3) is 0.542. The second-order valence-corrected chi connectivity index (χ2v) is 7.94. The van der Waals surface area contributed by atoms with Crippen LogP contribution in [0.25, 0.3) is 10.8 Å². The number of hydrogen-bond acceptors (Lipinski definition) is 3. The first kappa shape index (κ1) is 22.2. The summed E-state index contributed by atoms with van der Waals surface area (Å²) in [5, 5.41) is 5.09. The molecule has 0 aliphatic rings. The van der Waals surface area contributed by atoms with Crippen LogP contribution in [-0.4, -0.2) is 24.7 Å². The first-order chi connectivity index (χ1) is 13.4. The molecule has 0 saturated carbocycles. The molecule has 0 saturated heterocycles. The summed E-state index contributed by atoms with van der Waals surface area (Å²) in [4.78, 5) is 13.1. The molecule has 0 bridgehead atoms. The highest BCUT2D eigenvalue weighted by Gasteiger charge is 2.33. The molecule has 4 nitrogen and oxygen atoms in total. The van der Waals surface area contributed by atoms with Gasteiger partial charge in [-0.1, -0.05) is 64.3 Å². The Bertz CT molecular complexity index is 772. The number of nitrogens with one attached hydrogen (secondary N) is 1. The molecule has 1 N–H and O–H groups in total. The van der Waals surface area contributed by atoms with E-state index in [4.69, 9.17) is 9.47 Å². The Balaban J connectivity index is 2.27. The van der Waals surface area contributed by atoms with E-state index in [0.29, 0.717) is 25.6 Å². The van der Waals surface area contributed by atoms with Gasteiger partial charge in [0.1, 0.15) is 11.4 Å². The Morgan fingerprint density at radius 1 is 1.07 bits per heavy atom. The van der Waals surface area contributed by atoms with E-state index in [9.17, 15) is 4.79 Å². The second kappa shape index (κ2) is 10.5. The highest BCUT2D eigenvalue weighted by molar-refractivity contribution is 6.06. The van der Waals surface area contributed by atoms with Gasteiger partial charge in [-0.25, -0.2) is 0 Å². The Hall–Kier alpha value is -2.07. The van der Waals surface area contributed by atoms with Crippen molar-refractivity contribution in [2.75, 3.05) is 18.5 Å². The van der Waals surface area contributed by atoms with Crippen LogP contribution in [0.2, 0.25) is 0 Å². The van der Waals surface area contributed by atoms with E-state index in [0.717, 1.165) is 41.5 Å². The first-order valence-electron chi connectivity index (χ1n) is 10.5. The van der Waals surface area contributed by atoms with Gasteiger partial charge in [0.05, 0.1) is 6.61 Å². The van der Waals surface area contributed by atoms with Crippen LogP contribution in [0, 0.1) is 5.92 Å². The third-order valence-corrected chi connectivity index (χ3v) is 4.91. The number of amides is 1. The van der Waals surface area contributed by atoms with Crippen LogP contribution in [0.1, 0.15) is 60.3 Å². The van der Waals surface area contributed by atoms with Gasteiger partial charge in [0.15, 0.2) is 0 Å². The standard InChI is InChI=1S/C24H35NO3/c1-6-8-11-16-24(5,28-7-2)23(26)25-21-14-15-22(27-17-18(3)4)20-13-10-9-12-19(20)21/h9-10,12-15,18H,6-8,11,16-17H2,1-5H3,(H,25,26). The number of rotatable bonds is 11. The zero-order valence-electron chi connectivity index (χ0n) is 18.0. The lowest BCUT2D eigenvalue weighted by molar-refractivity contribution is -0.139. The number of fused-ring (bicyclic) bond motifs is 1. The number of ether oxygens (including phenoxy) is 2. The van der Waals surface area contributed by atoms with Crippen LogP contribution >= 0.6 is 0 Å². The summed E-state index contributed by atoms with van der Waals surface area (Å²) in [5.41, 5.74) is -0.0309. The van der Waals surface area contributed by atoms with Gasteiger partial charge >= 0.3 is 0 Å². The predicted octanol–water partition coefficient (Wildman–Crippen LogP) is 6.19.